The minimum absolute atomic E-state index is 0.131. The fourth-order valence-electron chi connectivity index (χ4n) is 3.07. The molecule has 1 amide bonds. The van der Waals surface area contributed by atoms with Gasteiger partial charge in [-0.2, -0.15) is 0 Å². The average molecular weight is 362 g/mol. The number of nitrogens with zero attached hydrogens (tertiary/aromatic N) is 2. The maximum absolute atomic E-state index is 14.0. The van der Waals surface area contributed by atoms with E-state index in [4.69, 9.17) is 0 Å². The molecule has 1 saturated heterocycles. The molecule has 0 saturated carbocycles. The molecule has 1 atom stereocenters. The molecule has 0 radical (unpaired) electrons. The van der Waals surface area contributed by atoms with Crippen LogP contribution >= 0.6 is 0 Å². The van der Waals surface area contributed by atoms with Gasteiger partial charge >= 0.3 is 0 Å². The van der Waals surface area contributed by atoms with Crippen molar-refractivity contribution in [3.8, 4) is 0 Å². The molecule has 132 valence electrons. The number of halogens is 1. The van der Waals surface area contributed by atoms with Crippen LogP contribution in [-0.4, -0.2) is 43.1 Å². The Hall–Kier alpha value is -2.28. The summed E-state index contributed by atoms with van der Waals surface area (Å²) in [7, 11) is -3.52. The van der Waals surface area contributed by atoms with E-state index in [0.717, 1.165) is 5.56 Å². The van der Waals surface area contributed by atoms with Crippen LogP contribution in [0.5, 0.6) is 0 Å². The molecule has 0 aliphatic carbocycles. The largest absolute Gasteiger partial charge is 0.341 e. The van der Waals surface area contributed by atoms with Crippen LogP contribution in [-0.2, 0) is 21.1 Å². The summed E-state index contributed by atoms with van der Waals surface area (Å²) in [4.78, 5) is 18.0. The molecule has 5 nitrogen and oxygen atoms in total. The van der Waals surface area contributed by atoms with Crippen molar-refractivity contribution in [1.82, 2.24) is 9.88 Å². The molecule has 1 aliphatic rings. The van der Waals surface area contributed by atoms with Crippen molar-refractivity contribution in [2.75, 3.05) is 18.8 Å². The van der Waals surface area contributed by atoms with E-state index in [-0.39, 0.29) is 43.2 Å². The first-order valence-corrected chi connectivity index (χ1v) is 9.81. The molecule has 0 unspecified atom stereocenters. The van der Waals surface area contributed by atoms with Crippen molar-refractivity contribution in [1.29, 1.82) is 0 Å². The molecule has 1 fully saturated rings. The Kier molecular flexibility index (Phi) is 5.13. The van der Waals surface area contributed by atoms with Gasteiger partial charge in [0.05, 0.1) is 17.4 Å². The molecule has 0 bridgehead atoms. The van der Waals surface area contributed by atoms with Crippen molar-refractivity contribution in [3.05, 3.63) is 65.7 Å². The van der Waals surface area contributed by atoms with Gasteiger partial charge in [-0.3, -0.25) is 9.78 Å². The normalized spacial score (nSPS) is 20.0. The van der Waals surface area contributed by atoms with Crippen molar-refractivity contribution in [3.63, 3.8) is 0 Å². The highest BCUT2D eigenvalue weighted by Crippen LogP contribution is 2.31. The topological polar surface area (TPSA) is 67.3 Å². The first kappa shape index (κ1) is 17.5. The van der Waals surface area contributed by atoms with E-state index in [1.54, 1.807) is 29.4 Å². The zero-order valence-corrected chi connectivity index (χ0v) is 14.5. The number of hydrogen-bond acceptors (Lipinski definition) is 4. The van der Waals surface area contributed by atoms with Gasteiger partial charge in [-0.25, -0.2) is 12.8 Å². The Balaban J connectivity index is 1.76. The quantitative estimate of drug-likeness (QED) is 0.839. The third-order valence-electron chi connectivity index (χ3n) is 4.42. The molecule has 1 aliphatic heterocycles. The van der Waals surface area contributed by atoms with Gasteiger partial charge in [0.1, 0.15) is 5.82 Å². The first-order chi connectivity index (χ1) is 12.0. The lowest BCUT2D eigenvalue weighted by Crippen LogP contribution is -2.34. The number of carbonyl (C=O) groups excluding carboxylic acids is 1. The Morgan fingerprint density at radius 1 is 1.20 bits per heavy atom. The highest BCUT2D eigenvalue weighted by Gasteiger charge is 2.34. The zero-order valence-electron chi connectivity index (χ0n) is 13.6. The molecular formula is C18H19FN2O3S. The molecule has 7 heteroatoms. The second-order valence-electron chi connectivity index (χ2n) is 6.08. The lowest BCUT2D eigenvalue weighted by Gasteiger charge is -2.20. The molecule has 1 aromatic heterocycles. The Morgan fingerprint density at radius 3 is 2.72 bits per heavy atom. The number of benzene rings is 1. The minimum Gasteiger partial charge on any atom is -0.341 e. The maximum Gasteiger partial charge on any atom is 0.227 e. The van der Waals surface area contributed by atoms with E-state index in [2.05, 4.69) is 4.98 Å². The van der Waals surface area contributed by atoms with E-state index in [1.165, 1.54) is 18.2 Å². The van der Waals surface area contributed by atoms with Gasteiger partial charge in [0.2, 0.25) is 5.91 Å². The number of pyridine rings is 1. The van der Waals surface area contributed by atoms with E-state index in [1.807, 2.05) is 6.07 Å². The number of rotatable bonds is 3. The van der Waals surface area contributed by atoms with Gasteiger partial charge in [0.25, 0.3) is 0 Å². The summed E-state index contributed by atoms with van der Waals surface area (Å²) < 4.78 is 39.2. The summed E-state index contributed by atoms with van der Waals surface area (Å²) >= 11 is 0. The van der Waals surface area contributed by atoms with Gasteiger partial charge in [0.15, 0.2) is 9.84 Å². The fourth-order valence-corrected chi connectivity index (χ4v) is 4.87. The van der Waals surface area contributed by atoms with Crippen LogP contribution in [0.15, 0.2) is 48.8 Å². The van der Waals surface area contributed by atoms with E-state index in [9.17, 15) is 17.6 Å². The lowest BCUT2D eigenvalue weighted by atomic mass is 10.1. The zero-order chi connectivity index (χ0) is 17.9. The van der Waals surface area contributed by atoms with E-state index in [0.29, 0.717) is 0 Å². The van der Waals surface area contributed by atoms with Crippen LogP contribution in [0.1, 0.15) is 22.8 Å². The number of sulfone groups is 1. The van der Waals surface area contributed by atoms with Crippen LogP contribution < -0.4 is 0 Å². The van der Waals surface area contributed by atoms with Crippen LogP contribution in [0.25, 0.3) is 0 Å². The van der Waals surface area contributed by atoms with Crippen LogP contribution in [0.2, 0.25) is 0 Å². The smallest absolute Gasteiger partial charge is 0.227 e. The van der Waals surface area contributed by atoms with Crippen LogP contribution in [0, 0.1) is 5.82 Å². The molecule has 1 aromatic carbocycles. The molecular weight excluding hydrogens is 343 g/mol. The number of aromatic nitrogens is 1. The Labute approximate surface area is 146 Å². The number of amides is 1. The molecule has 0 N–H and O–H groups in total. The van der Waals surface area contributed by atoms with Crippen molar-refractivity contribution >= 4 is 15.7 Å². The SMILES string of the molecule is O=C(Cc1cccnc1)N1CC[C@@H](c2ccccc2F)S(=O)(=O)CC1. The van der Waals surface area contributed by atoms with Gasteiger partial charge in [-0.1, -0.05) is 24.3 Å². The lowest BCUT2D eigenvalue weighted by molar-refractivity contribution is -0.130. The van der Waals surface area contributed by atoms with Gasteiger partial charge in [-0.15, -0.1) is 0 Å². The summed E-state index contributed by atoms with van der Waals surface area (Å²) in [5, 5.41) is -0.912. The Bertz CT molecular complexity index is 856. The van der Waals surface area contributed by atoms with E-state index >= 15 is 0 Å². The van der Waals surface area contributed by atoms with Crippen molar-refractivity contribution < 1.29 is 17.6 Å². The Morgan fingerprint density at radius 2 is 2.00 bits per heavy atom. The first-order valence-electron chi connectivity index (χ1n) is 8.10. The molecule has 0 spiro atoms. The molecule has 2 aromatic rings. The number of carbonyl (C=O) groups is 1. The van der Waals surface area contributed by atoms with Gasteiger partial charge in [0, 0.05) is 31.0 Å². The van der Waals surface area contributed by atoms with Crippen LogP contribution in [0.4, 0.5) is 4.39 Å². The summed E-state index contributed by atoms with van der Waals surface area (Å²) in [6.45, 7) is 0.420. The van der Waals surface area contributed by atoms with Crippen molar-refractivity contribution in [2.45, 2.75) is 18.1 Å². The third-order valence-corrected chi connectivity index (χ3v) is 6.53. The summed E-state index contributed by atoms with van der Waals surface area (Å²) in [6.07, 6.45) is 3.63. The standard InChI is InChI=1S/C18H19FN2O3S/c19-16-6-2-1-5-15(16)17-7-9-21(10-11-25(17,23)24)18(22)12-14-4-3-8-20-13-14/h1-6,8,13,17H,7,9-12H2/t17-/m0/s1. The predicted octanol–water partition coefficient (Wildman–Crippen LogP) is 2.15. The summed E-state index contributed by atoms with van der Waals surface area (Å²) in [5.41, 5.74) is 0.967. The molecule has 3 rings (SSSR count). The third kappa shape index (κ3) is 4.04. The van der Waals surface area contributed by atoms with Gasteiger partial charge in [-0.05, 0) is 24.1 Å². The monoisotopic (exact) mass is 362 g/mol. The summed E-state index contributed by atoms with van der Waals surface area (Å²) in [6, 6.07) is 9.49. The molecule has 25 heavy (non-hydrogen) atoms. The maximum atomic E-state index is 14.0. The second kappa shape index (κ2) is 7.31. The van der Waals surface area contributed by atoms with Gasteiger partial charge < -0.3 is 4.90 Å². The average Bonchev–Trinajstić information content (AvgIpc) is 2.75. The fraction of sp³-hybridized carbons (Fsp3) is 0.333. The number of hydrogen-bond donors (Lipinski definition) is 0. The minimum atomic E-state index is -3.52. The van der Waals surface area contributed by atoms with Crippen molar-refractivity contribution in [2.24, 2.45) is 0 Å². The second-order valence-corrected chi connectivity index (χ2v) is 8.39. The molecule has 2 heterocycles. The van der Waals surface area contributed by atoms with Crippen LogP contribution in [0.3, 0.4) is 0 Å². The predicted molar refractivity (Wildman–Crippen MR) is 92.1 cm³/mol. The summed E-state index contributed by atoms with van der Waals surface area (Å²) in [5.74, 6) is -0.825. The van der Waals surface area contributed by atoms with E-state index < -0.39 is 20.9 Å². The highest BCUT2D eigenvalue weighted by molar-refractivity contribution is 7.91. The highest BCUT2D eigenvalue weighted by atomic mass is 32.2.